The molecule has 3 aromatic rings. The number of aromatic hydroxyl groups is 1. The van der Waals surface area contributed by atoms with Crippen LogP contribution in [0, 0.1) is 0 Å². The van der Waals surface area contributed by atoms with Crippen LogP contribution in [0.2, 0.25) is 0 Å². The van der Waals surface area contributed by atoms with Crippen LogP contribution in [0.15, 0.2) is 53.0 Å². The number of phenols is 1. The van der Waals surface area contributed by atoms with Crippen LogP contribution in [-0.4, -0.2) is 12.2 Å². The molecule has 0 fully saturated rings. The fourth-order valence-electron chi connectivity index (χ4n) is 2.35. The minimum absolute atomic E-state index is 0.239. The largest absolute Gasteiger partial charge is 0.508 e. The van der Waals surface area contributed by atoms with Crippen molar-refractivity contribution < 1.29 is 14.3 Å². The number of hydrogen-bond acceptors (Lipinski definition) is 3. The van der Waals surface area contributed by atoms with Crippen LogP contribution in [0.3, 0.4) is 0 Å². The molecular formula is C18H16O3. The third-order valence-corrected chi connectivity index (χ3v) is 3.34. The summed E-state index contributed by atoms with van der Waals surface area (Å²) < 4.78 is 11.3. The molecule has 0 aliphatic carbocycles. The minimum Gasteiger partial charge on any atom is -0.508 e. The van der Waals surface area contributed by atoms with E-state index in [9.17, 15) is 5.11 Å². The number of hydrogen-bond donors (Lipinski definition) is 1. The topological polar surface area (TPSA) is 42.6 Å². The molecule has 0 unspecified atom stereocenters. The molecule has 1 heterocycles. The lowest BCUT2D eigenvalue weighted by Crippen LogP contribution is -1.84. The molecule has 106 valence electrons. The standard InChI is InChI=1S/C18H16O3/c1-3-4-12-9-14-11-16(13-5-7-15(19)8-6-13)21-18(14)17(10-12)20-2/h3-11,19H,1-2H3/b4-3+. The molecule has 1 N–H and O–H groups in total. The second kappa shape index (κ2) is 5.37. The zero-order valence-corrected chi connectivity index (χ0v) is 12.0. The highest BCUT2D eigenvalue weighted by Gasteiger charge is 2.11. The van der Waals surface area contributed by atoms with Crippen molar-refractivity contribution in [2.24, 2.45) is 0 Å². The van der Waals surface area contributed by atoms with Gasteiger partial charge in [-0.2, -0.15) is 0 Å². The Kier molecular flexibility index (Phi) is 3.40. The number of methoxy groups -OCH3 is 1. The monoisotopic (exact) mass is 280 g/mol. The van der Waals surface area contributed by atoms with E-state index in [0.717, 1.165) is 27.9 Å². The lowest BCUT2D eigenvalue weighted by atomic mass is 10.1. The average Bonchev–Trinajstić information content (AvgIpc) is 2.91. The van der Waals surface area contributed by atoms with Crippen molar-refractivity contribution in [3.8, 4) is 22.8 Å². The van der Waals surface area contributed by atoms with Crippen LogP contribution in [0.5, 0.6) is 11.5 Å². The summed E-state index contributed by atoms with van der Waals surface area (Å²) in [4.78, 5) is 0. The Hall–Kier alpha value is -2.68. The zero-order valence-electron chi connectivity index (χ0n) is 12.0. The van der Waals surface area contributed by atoms with Gasteiger partial charge < -0.3 is 14.3 Å². The Morgan fingerprint density at radius 1 is 1.10 bits per heavy atom. The molecule has 0 saturated heterocycles. The van der Waals surface area contributed by atoms with E-state index < -0.39 is 0 Å². The first kappa shape index (κ1) is 13.3. The van der Waals surface area contributed by atoms with E-state index in [1.165, 1.54) is 0 Å². The zero-order chi connectivity index (χ0) is 14.8. The van der Waals surface area contributed by atoms with Gasteiger partial charge in [-0.25, -0.2) is 0 Å². The fourth-order valence-corrected chi connectivity index (χ4v) is 2.35. The Bertz CT molecular complexity index is 795. The molecule has 0 aliphatic heterocycles. The van der Waals surface area contributed by atoms with E-state index in [1.807, 2.05) is 43.3 Å². The number of benzene rings is 2. The van der Waals surface area contributed by atoms with Crippen LogP contribution in [-0.2, 0) is 0 Å². The maximum Gasteiger partial charge on any atom is 0.176 e. The molecule has 0 aliphatic rings. The van der Waals surface area contributed by atoms with Crippen LogP contribution in [0.25, 0.3) is 28.4 Å². The van der Waals surface area contributed by atoms with Crippen LogP contribution >= 0.6 is 0 Å². The summed E-state index contributed by atoms with van der Waals surface area (Å²) in [5.41, 5.74) is 2.72. The number of ether oxygens (including phenoxy) is 1. The van der Waals surface area contributed by atoms with Gasteiger partial charge in [0.05, 0.1) is 7.11 Å². The molecule has 3 nitrogen and oxygen atoms in total. The Labute approximate surface area is 123 Å². The number of allylic oxidation sites excluding steroid dienone is 1. The lowest BCUT2D eigenvalue weighted by molar-refractivity contribution is 0.411. The van der Waals surface area contributed by atoms with Gasteiger partial charge in [-0.15, -0.1) is 0 Å². The SMILES string of the molecule is C/C=C/c1cc(OC)c2oc(-c3ccc(O)cc3)cc2c1. The molecule has 3 rings (SSSR count). The van der Waals surface area contributed by atoms with Crippen molar-refractivity contribution in [1.29, 1.82) is 0 Å². The van der Waals surface area contributed by atoms with Crippen molar-refractivity contribution in [1.82, 2.24) is 0 Å². The molecule has 0 saturated carbocycles. The second-order valence-electron chi connectivity index (χ2n) is 4.80. The predicted octanol–water partition coefficient (Wildman–Crippen LogP) is 4.85. The lowest BCUT2D eigenvalue weighted by Gasteiger charge is -2.02. The van der Waals surface area contributed by atoms with E-state index in [1.54, 1.807) is 19.2 Å². The first-order chi connectivity index (χ1) is 10.2. The normalized spacial score (nSPS) is 11.3. The molecule has 0 bridgehead atoms. The number of rotatable bonds is 3. The third-order valence-electron chi connectivity index (χ3n) is 3.34. The van der Waals surface area contributed by atoms with Gasteiger partial charge in [0.25, 0.3) is 0 Å². The molecule has 1 aromatic heterocycles. The van der Waals surface area contributed by atoms with Crippen LogP contribution in [0.4, 0.5) is 0 Å². The summed E-state index contributed by atoms with van der Waals surface area (Å²) in [5, 5.41) is 10.4. The van der Waals surface area contributed by atoms with Gasteiger partial charge in [0, 0.05) is 10.9 Å². The molecule has 21 heavy (non-hydrogen) atoms. The van der Waals surface area contributed by atoms with Gasteiger partial charge in [0.15, 0.2) is 11.3 Å². The van der Waals surface area contributed by atoms with E-state index in [0.29, 0.717) is 5.75 Å². The molecule has 3 heteroatoms. The van der Waals surface area contributed by atoms with Gasteiger partial charge in [0.1, 0.15) is 11.5 Å². The molecular weight excluding hydrogens is 264 g/mol. The summed E-state index contributed by atoms with van der Waals surface area (Å²) in [6.07, 6.45) is 4.01. The summed E-state index contributed by atoms with van der Waals surface area (Å²) in [5.74, 6) is 1.70. The summed E-state index contributed by atoms with van der Waals surface area (Å²) >= 11 is 0. The first-order valence-electron chi connectivity index (χ1n) is 6.75. The predicted molar refractivity (Wildman–Crippen MR) is 84.6 cm³/mol. The Balaban J connectivity index is 2.16. The fraction of sp³-hybridized carbons (Fsp3) is 0.111. The van der Waals surface area contributed by atoms with Gasteiger partial charge in [-0.1, -0.05) is 12.2 Å². The minimum atomic E-state index is 0.239. The molecule has 0 atom stereocenters. The Morgan fingerprint density at radius 3 is 2.52 bits per heavy atom. The van der Waals surface area contributed by atoms with Crippen molar-refractivity contribution in [3.05, 3.63) is 54.1 Å². The number of fused-ring (bicyclic) bond motifs is 1. The Morgan fingerprint density at radius 2 is 1.86 bits per heavy atom. The van der Waals surface area contributed by atoms with E-state index in [-0.39, 0.29) is 5.75 Å². The quantitative estimate of drug-likeness (QED) is 0.746. The van der Waals surface area contributed by atoms with Crippen LogP contribution < -0.4 is 4.74 Å². The number of phenolic OH excluding ortho intramolecular Hbond substituents is 1. The maximum absolute atomic E-state index is 9.36. The highest BCUT2D eigenvalue weighted by Crippen LogP contribution is 2.35. The smallest absolute Gasteiger partial charge is 0.176 e. The van der Waals surface area contributed by atoms with Crippen molar-refractivity contribution in [2.45, 2.75) is 6.92 Å². The average molecular weight is 280 g/mol. The number of furan rings is 1. The summed E-state index contributed by atoms with van der Waals surface area (Å²) in [7, 11) is 1.64. The van der Waals surface area contributed by atoms with Gasteiger partial charge >= 0.3 is 0 Å². The van der Waals surface area contributed by atoms with E-state index in [2.05, 4.69) is 6.07 Å². The van der Waals surface area contributed by atoms with Gasteiger partial charge in [0.2, 0.25) is 0 Å². The second-order valence-corrected chi connectivity index (χ2v) is 4.80. The molecule has 2 aromatic carbocycles. The highest BCUT2D eigenvalue weighted by molar-refractivity contribution is 5.89. The summed E-state index contributed by atoms with van der Waals surface area (Å²) in [6, 6.07) is 12.9. The first-order valence-corrected chi connectivity index (χ1v) is 6.75. The van der Waals surface area contributed by atoms with Crippen molar-refractivity contribution >= 4 is 17.0 Å². The maximum atomic E-state index is 9.36. The van der Waals surface area contributed by atoms with Crippen molar-refractivity contribution in [2.75, 3.05) is 7.11 Å². The highest BCUT2D eigenvalue weighted by atomic mass is 16.5. The molecule has 0 radical (unpaired) electrons. The van der Waals surface area contributed by atoms with E-state index >= 15 is 0 Å². The van der Waals surface area contributed by atoms with Crippen LogP contribution in [0.1, 0.15) is 12.5 Å². The molecule has 0 spiro atoms. The third kappa shape index (κ3) is 2.50. The summed E-state index contributed by atoms with van der Waals surface area (Å²) in [6.45, 7) is 1.98. The van der Waals surface area contributed by atoms with Crippen molar-refractivity contribution in [3.63, 3.8) is 0 Å². The van der Waals surface area contributed by atoms with E-state index in [4.69, 9.17) is 9.15 Å². The van der Waals surface area contributed by atoms with Gasteiger partial charge in [-0.05, 0) is 55.0 Å². The molecule has 0 amide bonds. The van der Waals surface area contributed by atoms with Gasteiger partial charge in [-0.3, -0.25) is 0 Å².